The van der Waals surface area contributed by atoms with Crippen molar-refractivity contribution in [2.24, 2.45) is 0 Å². The van der Waals surface area contributed by atoms with E-state index in [2.05, 4.69) is 25.8 Å². The molecule has 33 heavy (non-hydrogen) atoms. The van der Waals surface area contributed by atoms with Crippen LogP contribution in [0.25, 0.3) is 0 Å². The number of aromatic amines is 1. The number of aromatic nitrogens is 3. The minimum Gasteiger partial charge on any atom is -0.493 e. The van der Waals surface area contributed by atoms with Crippen LogP contribution in [-0.4, -0.2) is 59.1 Å². The summed E-state index contributed by atoms with van der Waals surface area (Å²) in [7, 11) is -3.61. The Morgan fingerprint density at radius 3 is 2.79 bits per heavy atom. The van der Waals surface area contributed by atoms with Gasteiger partial charge in [0, 0.05) is 42.2 Å². The first-order valence-corrected chi connectivity index (χ1v) is 12.6. The third-order valence-corrected chi connectivity index (χ3v) is 6.79. The summed E-state index contributed by atoms with van der Waals surface area (Å²) in [5.41, 5.74) is 0.960. The Morgan fingerprint density at radius 2 is 2.09 bits per heavy atom. The van der Waals surface area contributed by atoms with E-state index < -0.39 is 21.8 Å². The summed E-state index contributed by atoms with van der Waals surface area (Å²) in [6.45, 7) is 3.90. The van der Waals surface area contributed by atoms with Crippen LogP contribution in [0.5, 0.6) is 5.88 Å². The van der Waals surface area contributed by atoms with E-state index in [-0.39, 0.29) is 40.8 Å². The molecule has 3 atom stereocenters. The van der Waals surface area contributed by atoms with Gasteiger partial charge in [0.1, 0.15) is 6.10 Å². The standard InChI is InChI=1S/C21H29N5O6S/c1-4-12(2)23-21(29)32-15-6-5-13(7-15)16-10-18(26-25-16)24-20(28)9-14-8-19(27)22-11-17(14)33(3,30)31/h8,10-13,15H,4-7,9H2,1-3H3,(H,22,27)(H,23,29)(H2,24,25,26,28)/t12-,13-,15+/m0/s1. The predicted molar refractivity (Wildman–Crippen MR) is 120 cm³/mol. The van der Waals surface area contributed by atoms with E-state index in [1.807, 2.05) is 13.8 Å². The van der Waals surface area contributed by atoms with Gasteiger partial charge in [-0.05, 0) is 38.2 Å². The van der Waals surface area contributed by atoms with Crippen molar-refractivity contribution in [3.05, 3.63) is 29.6 Å². The molecule has 0 unspecified atom stereocenters. The van der Waals surface area contributed by atoms with Crippen molar-refractivity contribution in [3.63, 3.8) is 0 Å². The minimum atomic E-state index is -3.61. The van der Waals surface area contributed by atoms with Gasteiger partial charge in [0.15, 0.2) is 15.7 Å². The van der Waals surface area contributed by atoms with Gasteiger partial charge in [0.05, 0.1) is 11.3 Å². The first-order valence-electron chi connectivity index (χ1n) is 10.7. The number of alkyl carbamates (subject to hydrolysis) is 1. The topological polar surface area (TPSA) is 163 Å². The number of anilines is 1. The summed E-state index contributed by atoms with van der Waals surface area (Å²) in [5.74, 6) is -0.451. The van der Waals surface area contributed by atoms with Crippen LogP contribution in [0, 0.1) is 0 Å². The highest BCUT2D eigenvalue weighted by Crippen LogP contribution is 2.35. The Kier molecular flexibility index (Phi) is 7.57. The number of sulfone groups is 1. The van der Waals surface area contributed by atoms with E-state index in [1.165, 1.54) is 0 Å². The van der Waals surface area contributed by atoms with Gasteiger partial charge in [-0.15, -0.1) is 0 Å². The molecule has 0 aliphatic heterocycles. The number of nitrogens with zero attached hydrogens (tertiary/aromatic N) is 2. The highest BCUT2D eigenvalue weighted by molar-refractivity contribution is 7.90. The number of hydrogen-bond acceptors (Lipinski definition) is 8. The average Bonchev–Trinajstić information content (AvgIpc) is 3.36. The number of carbonyl (C=O) groups excluding carboxylic acids is 2. The number of H-pyrrole nitrogens is 1. The molecule has 4 N–H and O–H groups in total. The first-order chi connectivity index (χ1) is 15.5. The Morgan fingerprint density at radius 1 is 1.33 bits per heavy atom. The largest absolute Gasteiger partial charge is 0.493 e. The Balaban J connectivity index is 1.57. The molecule has 2 aromatic rings. The van der Waals surface area contributed by atoms with Crippen molar-refractivity contribution in [1.82, 2.24) is 20.5 Å². The number of hydrogen-bond donors (Lipinski definition) is 4. The molecule has 0 saturated heterocycles. The quantitative estimate of drug-likeness (QED) is 0.448. The number of nitrogens with one attached hydrogen (secondary N) is 3. The van der Waals surface area contributed by atoms with Crippen LogP contribution in [0.4, 0.5) is 10.6 Å². The lowest BCUT2D eigenvalue weighted by molar-refractivity contribution is -0.115. The lowest BCUT2D eigenvalue weighted by Gasteiger charge is -2.16. The van der Waals surface area contributed by atoms with Crippen LogP contribution in [0.1, 0.15) is 56.7 Å². The maximum atomic E-state index is 12.5. The maximum Gasteiger partial charge on any atom is 0.407 e. The van der Waals surface area contributed by atoms with Crippen molar-refractivity contribution in [2.75, 3.05) is 11.6 Å². The van der Waals surface area contributed by atoms with Crippen LogP contribution in [-0.2, 0) is 25.8 Å². The Hall–Kier alpha value is -3.15. The summed E-state index contributed by atoms with van der Waals surface area (Å²) in [6, 6.07) is 2.92. The van der Waals surface area contributed by atoms with Crippen LogP contribution in [0.2, 0.25) is 0 Å². The molecule has 1 saturated carbocycles. The Labute approximate surface area is 192 Å². The SMILES string of the molecule is CC[C@H](C)NC(=O)O[C@@H]1CC[C@H](c2cc(NC(=O)Cc3cc(O)ncc3S(C)(=O)=O)n[nH]2)C1. The molecule has 1 fully saturated rings. The van der Waals surface area contributed by atoms with Crippen LogP contribution in [0.15, 0.2) is 23.2 Å². The third kappa shape index (κ3) is 6.67. The van der Waals surface area contributed by atoms with Gasteiger partial charge in [0.2, 0.25) is 11.8 Å². The van der Waals surface area contributed by atoms with Gasteiger partial charge in [-0.25, -0.2) is 18.2 Å². The summed E-state index contributed by atoms with van der Waals surface area (Å²) in [4.78, 5) is 27.9. The van der Waals surface area contributed by atoms with Crippen LogP contribution < -0.4 is 10.6 Å². The minimum absolute atomic E-state index is 0.0538. The normalized spacial score (nSPS) is 19.1. The fourth-order valence-corrected chi connectivity index (χ4v) is 4.58. The van der Waals surface area contributed by atoms with Crippen LogP contribution in [0.3, 0.4) is 0 Å². The molecule has 0 radical (unpaired) electrons. The second-order valence-electron chi connectivity index (χ2n) is 8.35. The first kappa shape index (κ1) is 24.5. The number of rotatable bonds is 8. The van der Waals surface area contributed by atoms with Gasteiger partial charge >= 0.3 is 6.09 Å². The molecule has 1 aliphatic carbocycles. The number of pyridine rings is 1. The fourth-order valence-electron chi connectivity index (χ4n) is 3.73. The summed E-state index contributed by atoms with van der Waals surface area (Å²) < 4.78 is 29.3. The van der Waals surface area contributed by atoms with Crippen molar-refractivity contribution >= 4 is 27.7 Å². The molecule has 2 aromatic heterocycles. The van der Waals surface area contributed by atoms with E-state index in [1.54, 1.807) is 6.07 Å². The van der Waals surface area contributed by atoms with E-state index in [0.717, 1.165) is 43.5 Å². The van der Waals surface area contributed by atoms with Gasteiger partial charge in [-0.2, -0.15) is 5.10 Å². The van der Waals surface area contributed by atoms with Gasteiger partial charge in [-0.1, -0.05) is 6.92 Å². The maximum absolute atomic E-state index is 12.5. The second-order valence-corrected chi connectivity index (χ2v) is 10.3. The molecule has 11 nitrogen and oxygen atoms in total. The molecule has 0 spiro atoms. The average molecular weight is 480 g/mol. The molecule has 3 rings (SSSR count). The second kappa shape index (κ2) is 10.2. The molecule has 2 amide bonds. The fraction of sp³-hybridized carbons (Fsp3) is 0.524. The highest BCUT2D eigenvalue weighted by Gasteiger charge is 2.30. The molecule has 12 heteroatoms. The number of aromatic hydroxyl groups is 1. The van der Waals surface area contributed by atoms with E-state index in [9.17, 15) is 23.1 Å². The Bertz CT molecular complexity index is 1120. The molecule has 1 aliphatic rings. The lowest BCUT2D eigenvalue weighted by atomic mass is 10.0. The van der Waals surface area contributed by atoms with E-state index in [4.69, 9.17) is 4.74 Å². The number of ether oxygens (including phenoxy) is 1. The smallest absolute Gasteiger partial charge is 0.407 e. The number of amides is 2. The van der Waals surface area contributed by atoms with Crippen molar-refractivity contribution in [3.8, 4) is 5.88 Å². The molecule has 0 aromatic carbocycles. The zero-order valence-electron chi connectivity index (χ0n) is 18.8. The van der Waals surface area contributed by atoms with Gasteiger partial charge < -0.3 is 20.5 Å². The van der Waals surface area contributed by atoms with Gasteiger partial charge in [-0.3, -0.25) is 9.89 Å². The lowest BCUT2D eigenvalue weighted by Crippen LogP contribution is -2.34. The van der Waals surface area contributed by atoms with E-state index >= 15 is 0 Å². The number of carbonyl (C=O) groups is 2. The third-order valence-electron chi connectivity index (χ3n) is 5.62. The highest BCUT2D eigenvalue weighted by atomic mass is 32.2. The molecular weight excluding hydrogens is 450 g/mol. The zero-order chi connectivity index (χ0) is 24.2. The zero-order valence-corrected chi connectivity index (χ0v) is 19.6. The van der Waals surface area contributed by atoms with Crippen molar-refractivity contribution < 1.29 is 27.9 Å². The van der Waals surface area contributed by atoms with Crippen molar-refractivity contribution in [1.29, 1.82) is 0 Å². The molecular formula is C21H29N5O6S. The van der Waals surface area contributed by atoms with Crippen LogP contribution >= 0.6 is 0 Å². The summed E-state index contributed by atoms with van der Waals surface area (Å²) >= 11 is 0. The van der Waals surface area contributed by atoms with Gasteiger partial charge in [0.25, 0.3) is 0 Å². The molecule has 0 bridgehead atoms. The molecule has 180 valence electrons. The van der Waals surface area contributed by atoms with Crippen molar-refractivity contribution in [2.45, 2.75) is 68.9 Å². The summed E-state index contributed by atoms with van der Waals surface area (Å²) in [5, 5.41) is 22.0. The predicted octanol–water partition coefficient (Wildman–Crippen LogP) is 2.26. The summed E-state index contributed by atoms with van der Waals surface area (Å²) in [6.07, 6.45) is 4.18. The van der Waals surface area contributed by atoms with E-state index in [0.29, 0.717) is 12.2 Å². The monoisotopic (exact) mass is 479 g/mol. The molecule has 2 heterocycles.